The van der Waals surface area contributed by atoms with E-state index in [1.807, 2.05) is 6.92 Å². The van der Waals surface area contributed by atoms with E-state index in [2.05, 4.69) is 24.5 Å². The van der Waals surface area contributed by atoms with Gasteiger partial charge < -0.3 is 20.8 Å². The number of nitrogens with two attached hydrogens (primary N) is 1. The smallest absolute Gasteiger partial charge is 0.287 e. The van der Waals surface area contributed by atoms with Gasteiger partial charge in [0.1, 0.15) is 6.04 Å². The van der Waals surface area contributed by atoms with Gasteiger partial charge in [0.15, 0.2) is 5.76 Å². The predicted molar refractivity (Wildman–Crippen MR) is 80.7 cm³/mol. The van der Waals surface area contributed by atoms with Crippen molar-refractivity contribution >= 4 is 11.8 Å². The SMILES string of the molecule is CC(C)CC(C)(CN)NC(=O)C(C)NC(=O)c1ccco1. The van der Waals surface area contributed by atoms with E-state index in [4.69, 9.17) is 10.2 Å². The maximum absolute atomic E-state index is 12.2. The van der Waals surface area contributed by atoms with Gasteiger partial charge in [0.25, 0.3) is 5.91 Å². The first kappa shape index (κ1) is 17.2. The van der Waals surface area contributed by atoms with Crippen LogP contribution in [0.5, 0.6) is 0 Å². The lowest BCUT2D eigenvalue weighted by Crippen LogP contribution is -2.57. The minimum atomic E-state index is -0.666. The van der Waals surface area contributed by atoms with Crippen molar-refractivity contribution < 1.29 is 14.0 Å². The van der Waals surface area contributed by atoms with Crippen molar-refractivity contribution in [2.75, 3.05) is 6.54 Å². The molecule has 0 bridgehead atoms. The molecule has 6 heteroatoms. The number of nitrogens with one attached hydrogen (secondary N) is 2. The maximum Gasteiger partial charge on any atom is 0.287 e. The monoisotopic (exact) mass is 295 g/mol. The fourth-order valence-corrected chi connectivity index (χ4v) is 2.23. The highest BCUT2D eigenvalue weighted by Crippen LogP contribution is 2.15. The highest BCUT2D eigenvalue weighted by Gasteiger charge is 2.28. The molecular formula is C15H25N3O3. The molecular weight excluding hydrogens is 270 g/mol. The van der Waals surface area contributed by atoms with Crippen molar-refractivity contribution in [3.8, 4) is 0 Å². The van der Waals surface area contributed by atoms with Crippen LogP contribution in [0, 0.1) is 5.92 Å². The first-order valence-corrected chi connectivity index (χ1v) is 7.14. The summed E-state index contributed by atoms with van der Waals surface area (Å²) in [7, 11) is 0. The molecule has 0 aromatic carbocycles. The number of hydrogen-bond donors (Lipinski definition) is 3. The Labute approximate surface area is 125 Å². The molecule has 0 aliphatic carbocycles. The summed E-state index contributed by atoms with van der Waals surface area (Å²) < 4.78 is 4.99. The second-order valence-electron chi connectivity index (χ2n) is 6.02. The predicted octanol–water partition coefficient (Wildman–Crippen LogP) is 1.28. The standard InChI is InChI=1S/C15H25N3O3/c1-10(2)8-15(4,9-16)18-13(19)11(3)17-14(20)12-6-5-7-21-12/h5-7,10-11H,8-9,16H2,1-4H3,(H,17,20)(H,18,19). The highest BCUT2D eigenvalue weighted by molar-refractivity contribution is 5.95. The summed E-state index contributed by atoms with van der Waals surface area (Å²) in [4.78, 5) is 24.0. The Morgan fingerprint density at radius 3 is 2.52 bits per heavy atom. The minimum absolute atomic E-state index is 0.179. The van der Waals surface area contributed by atoms with Crippen LogP contribution in [0.1, 0.15) is 44.7 Å². The van der Waals surface area contributed by atoms with Crippen LogP contribution >= 0.6 is 0 Å². The van der Waals surface area contributed by atoms with Crippen molar-refractivity contribution in [1.82, 2.24) is 10.6 Å². The van der Waals surface area contributed by atoms with Gasteiger partial charge in [-0.25, -0.2) is 0 Å². The van der Waals surface area contributed by atoms with Crippen molar-refractivity contribution in [2.24, 2.45) is 11.7 Å². The van der Waals surface area contributed by atoms with E-state index in [9.17, 15) is 9.59 Å². The summed E-state index contributed by atoms with van der Waals surface area (Å²) in [5.41, 5.74) is 5.29. The third-order valence-corrected chi connectivity index (χ3v) is 3.22. The second-order valence-corrected chi connectivity index (χ2v) is 6.02. The van der Waals surface area contributed by atoms with E-state index in [1.54, 1.807) is 19.1 Å². The minimum Gasteiger partial charge on any atom is -0.459 e. The van der Waals surface area contributed by atoms with Gasteiger partial charge >= 0.3 is 0 Å². The summed E-state index contributed by atoms with van der Waals surface area (Å²) in [6.07, 6.45) is 2.18. The fraction of sp³-hybridized carbons (Fsp3) is 0.600. The molecule has 0 aliphatic heterocycles. The van der Waals surface area contributed by atoms with Gasteiger partial charge in [-0.05, 0) is 38.3 Å². The second kappa shape index (κ2) is 7.26. The topological polar surface area (TPSA) is 97.4 Å². The molecule has 0 spiro atoms. The molecule has 6 nitrogen and oxygen atoms in total. The maximum atomic E-state index is 12.2. The zero-order valence-electron chi connectivity index (χ0n) is 13.1. The molecule has 0 saturated heterocycles. The van der Waals surface area contributed by atoms with Gasteiger partial charge in [0, 0.05) is 12.1 Å². The van der Waals surface area contributed by atoms with Crippen molar-refractivity contribution in [3.63, 3.8) is 0 Å². The first-order valence-electron chi connectivity index (χ1n) is 7.14. The number of amides is 2. The van der Waals surface area contributed by atoms with E-state index in [-0.39, 0.29) is 11.7 Å². The summed E-state index contributed by atoms with van der Waals surface area (Å²) in [5, 5.41) is 5.51. The van der Waals surface area contributed by atoms with E-state index in [0.29, 0.717) is 12.5 Å². The van der Waals surface area contributed by atoms with Crippen LogP contribution in [-0.2, 0) is 4.79 Å². The molecule has 118 valence electrons. The highest BCUT2D eigenvalue weighted by atomic mass is 16.3. The Bertz CT molecular complexity index is 471. The van der Waals surface area contributed by atoms with Gasteiger partial charge in [-0.15, -0.1) is 0 Å². The average Bonchev–Trinajstić information content (AvgIpc) is 2.91. The van der Waals surface area contributed by atoms with Crippen LogP contribution in [0.4, 0.5) is 0 Å². The van der Waals surface area contributed by atoms with Crippen molar-refractivity contribution in [3.05, 3.63) is 24.2 Å². The third kappa shape index (κ3) is 5.23. The Hall–Kier alpha value is -1.82. The molecule has 1 aromatic rings. The molecule has 0 aliphatic rings. The first-order chi connectivity index (χ1) is 9.77. The Morgan fingerprint density at radius 1 is 1.38 bits per heavy atom. The molecule has 2 unspecified atom stereocenters. The molecule has 0 fully saturated rings. The van der Waals surface area contributed by atoms with Crippen LogP contribution < -0.4 is 16.4 Å². The van der Waals surface area contributed by atoms with Gasteiger partial charge in [-0.3, -0.25) is 9.59 Å². The lowest BCUT2D eigenvalue weighted by atomic mass is 9.90. The summed E-state index contributed by atoms with van der Waals surface area (Å²) in [6, 6.07) is 2.50. The Balaban J connectivity index is 2.59. The molecule has 0 radical (unpaired) electrons. The molecule has 2 atom stereocenters. The Kier molecular flexibility index (Phi) is 5.96. The third-order valence-electron chi connectivity index (χ3n) is 3.22. The number of hydrogen-bond acceptors (Lipinski definition) is 4. The quantitative estimate of drug-likeness (QED) is 0.705. The molecule has 1 aromatic heterocycles. The van der Waals surface area contributed by atoms with Crippen LogP contribution in [-0.4, -0.2) is 29.9 Å². The number of carbonyl (C=O) groups is 2. The van der Waals surface area contributed by atoms with Gasteiger partial charge in [0.2, 0.25) is 5.91 Å². The van der Waals surface area contributed by atoms with Crippen LogP contribution in [0.3, 0.4) is 0 Å². The van der Waals surface area contributed by atoms with E-state index < -0.39 is 17.5 Å². The van der Waals surface area contributed by atoms with Crippen LogP contribution in [0.2, 0.25) is 0 Å². The lowest BCUT2D eigenvalue weighted by Gasteiger charge is -2.32. The summed E-state index contributed by atoms with van der Waals surface area (Å²) in [6.45, 7) is 8.02. The molecule has 21 heavy (non-hydrogen) atoms. The molecule has 2 amide bonds. The average molecular weight is 295 g/mol. The molecule has 1 rings (SSSR count). The van der Waals surface area contributed by atoms with Crippen molar-refractivity contribution in [1.29, 1.82) is 0 Å². The number of rotatable bonds is 7. The van der Waals surface area contributed by atoms with Gasteiger partial charge in [-0.2, -0.15) is 0 Å². The Morgan fingerprint density at radius 2 is 2.05 bits per heavy atom. The zero-order chi connectivity index (χ0) is 16.0. The van der Waals surface area contributed by atoms with Gasteiger partial charge in [0.05, 0.1) is 6.26 Å². The van der Waals surface area contributed by atoms with Crippen LogP contribution in [0.15, 0.2) is 22.8 Å². The largest absolute Gasteiger partial charge is 0.459 e. The van der Waals surface area contributed by atoms with E-state index >= 15 is 0 Å². The van der Waals surface area contributed by atoms with Crippen molar-refractivity contribution in [2.45, 2.75) is 45.7 Å². The van der Waals surface area contributed by atoms with E-state index in [0.717, 1.165) is 6.42 Å². The van der Waals surface area contributed by atoms with Gasteiger partial charge in [-0.1, -0.05) is 13.8 Å². The van der Waals surface area contributed by atoms with Crippen LogP contribution in [0.25, 0.3) is 0 Å². The summed E-state index contributed by atoms with van der Waals surface area (Å²) >= 11 is 0. The zero-order valence-corrected chi connectivity index (χ0v) is 13.1. The lowest BCUT2D eigenvalue weighted by molar-refractivity contribution is -0.124. The fourth-order valence-electron chi connectivity index (χ4n) is 2.23. The number of carbonyl (C=O) groups excluding carboxylic acids is 2. The van der Waals surface area contributed by atoms with E-state index in [1.165, 1.54) is 6.26 Å². The summed E-state index contributed by atoms with van der Waals surface area (Å²) in [5.74, 6) is -0.0882. The normalized spacial score (nSPS) is 15.3. The molecule has 4 N–H and O–H groups in total. The molecule has 1 heterocycles. The molecule has 0 saturated carbocycles. The number of furan rings is 1.